The number of hydrogen-bond acceptors (Lipinski definition) is 6. The van der Waals surface area contributed by atoms with Crippen LogP contribution in [0.15, 0.2) is 48.5 Å². The molecule has 1 aliphatic rings. The number of rotatable bonds is 7. The Balaban J connectivity index is 1.35. The molecule has 0 spiro atoms. The van der Waals surface area contributed by atoms with E-state index < -0.39 is 0 Å². The monoisotopic (exact) mass is 469 g/mol. The Morgan fingerprint density at radius 1 is 1.00 bits per heavy atom. The number of benzene rings is 2. The van der Waals surface area contributed by atoms with Crippen LogP contribution in [0.2, 0.25) is 0 Å². The van der Waals surface area contributed by atoms with Gasteiger partial charge in [0.15, 0.2) is 5.65 Å². The fourth-order valence-corrected chi connectivity index (χ4v) is 5.07. The van der Waals surface area contributed by atoms with Crippen LogP contribution >= 0.6 is 0 Å². The molecule has 4 aromatic rings. The summed E-state index contributed by atoms with van der Waals surface area (Å²) < 4.78 is 13.4. The highest BCUT2D eigenvalue weighted by Gasteiger charge is 2.26. The molecular weight excluding hydrogens is 438 g/mol. The molecule has 1 fully saturated rings. The van der Waals surface area contributed by atoms with Gasteiger partial charge in [0.25, 0.3) is 0 Å². The van der Waals surface area contributed by atoms with Gasteiger partial charge in [-0.25, -0.2) is 4.98 Å². The molecule has 2 aromatic carbocycles. The molecule has 0 radical (unpaired) electrons. The molecule has 3 heterocycles. The van der Waals surface area contributed by atoms with E-state index in [4.69, 9.17) is 14.5 Å². The second-order valence-corrected chi connectivity index (χ2v) is 8.88. The van der Waals surface area contributed by atoms with Crippen molar-refractivity contribution in [2.24, 2.45) is 0 Å². The lowest BCUT2D eigenvalue weighted by Crippen LogP contribution is -2.48. The van der Waals surface area contributed by atoms with E-state index in [0.717, 1.165) is 72.9 Å². The Kier molecular flexibility index (Phi) is 6.47. The van der Waals surface area contributed by atoms with Gasteiger partial charge in [-0.15, -0.1) is 0 Å². The number of para-hydroxylation sites is 2. The van der Waals surface area contributed by atoms with Gasteiger partial charge >= 0.3 is 0 Å². The number of pyridine rings is 1. The number of imidazole rings is 1. The zero-order chi connectivity index (χ0) is 24.4. The van der Waals surface area contributed by atoms with Crippen molar-refractivity contribution in [2.75, 3.05) is 51.3 Å². The summed E-state index contributed by atoms with van der Waals surface area (Å²) in [5.74, 6) is 2.87. The van der Waals surface area contributed by atoms with Crippen LogP contribution in [0.3, 0.4) is 0 Å². The van der Waals surface area contributed by atoms with Crippen molar-refractivity contribution in [1.29, 1.82) is 5.26 Å². The molecule has 0 atom stereocenters. The predicted molar refractivity (Wildman–Crippen MR) is 139 cm³/mol. The lowest BCUT2D eigenvalue weighted by atomic mass is 10.0. The molecule has 0 amide bonds. The number of piperazine rings is 1. The summed E-state index contributed by atoms with van der Waals surface area (Å²) in [6.07, 6.45) is 0.869. The Morgan fingerprint density at radius 3 is 2.40 bits per heavy atom. The molecule has 5 rings (SSSR count). The smallest absolute Gasteiger partial charge is 0.157 e. The minimum absolute atomic E-state index is 0.652. The quantitative estimate of drug-likeness (QED) is 0.399. The summed E-state index contributed by atoms with van der Waals surface area (Å²) in [5, 5.41) is 9.95. The van der Waals surface area contributed by atoms with Crippen molar-refractivity contribution >= 4 is 22.5 Å². The van der Waals surface area contributed by atoms with Crippen LogP contribution in [0, 0.1) is 18.3 Å². The molecule has 0 N–H and O–H groups in total. The summed E-state index contributed by atoms with van der Waals surface area (Å²) in [6, 6.07) is 18.3. The summed E-state index contributed by atoms with van der Waals surface area (Å²) in [4.78, 5) is 9.77. The van der Waals surface area contributed by atoms with E-state index >= 15 is 0 Å². The van der Waals surface area contributed by atoms with Crippen LogP contribution in [-0.2, 0) is 6.42 Å². The number of fused-ring (bicyclic) bond motifs is 3. The zero-order valence-electron chi connectivity index (χ0n) is 20.6. The van der Waals surface area contributed by atoms with E-state index in [1.54, 1.807) is 7.11 Å². The van der Waals surface area contributed by atoms with E-state index in [1.807, 2.05) is 42.5 Å². The maximum atomic E-state index is 9.95. The molecule has 0 saturated carbocycles. The number of nitriles is 1. The van der Waals surface area contributed by atoms with Crippen molar-refractivity contribution in [3.8, 4) is 17.6 Å². The molecule has 180 valence electrons. The highest BCUT2D eigenvalue weighted by atomic mass is 16.5. The van der Waals surface area contributed by atoms with Gasteiger partial charge < -0.3 is 14.4 Å². The lowest BCUT2D eigenvalue weighted by Gasteiger charge is -2.37. The van der Waals surface area contributed by atoms with E-state index in [9.17, 15) is 5.26 Å². The van der Waals surface area contributed by atoms with Crippen LogP contribution in [0.1, 0.15) is 23.6 Å². The van der Waals surface area contributed by atoms with Gasteiger partial charge in [-0.05, 0) is 60.9 Å². The molecule has 2 aromatic heterocycles. The van der Waals surface area contributed by atoms with E-state index in [2.05, 4.69) is 40.2 Å². The minimum Gasteiger partial charge on any atom is -0.497 e. The van der Waals surface area contributed by atoms with Crippen molar-refractivity contribution in [3.05, 3.63) is 65.2 Å². The van der Waals surface area contributed by atoms with Crippen LogP contribution < -0.4 is 14.4 Å². The van der Waals surface area contributed by atoms with Crippen LogP contribution in [0.4, 0.5) is 5.82 Å². The lowest BCUT2D eigenvalue weighted by molar-refractivity contribution is 0.200. The molecule has 35 heavy (non-hydrogen) atoms. The maximum absolute atomic E-state index is 9.95. The molecule has 7 nitrogen and oxygen atoms in total. The van der Waals surface area contributed by atoms with Crippen molar-refractivity contribution in [1.82, 2.24) is 14.3 Å². The first-order chi connectivity index (χ1) is 17.1. The fraction of sp³-hybridized carbons (Fsp3) is 0.357. The fourth-order valence-electron chi connectivity index (χ4n) is 5.07. The number of hydrogen-bond donors (Lipinski definition) is 0. The molecule has 0 aliphatic carbocycles. The average molecular weight is 470 g/mol. The molecule has 0 bridgehead atoms. The Morgan fingerprint density at radius 2 is 1.71 bits per heavy atom. The first-order valence-electron chi connectivity index (χ1n) is 12.2. The van der Waals surface area contributed by atoms with Gasteiger partial charge in [-0.2, -0.15) is 5.26 Å². The highest BCUT2D eigenvalue weighted by molar-refractivity contribution is 5.86. The first-order valence-corrected chi connectivity index (χ1v) is 12.2. The number of methoxy groups -OCH3 is 1. The van der Waals surface area contributed by atoms with Crippen LogP contribution in [-0.4, -0.2) is 60.7 Å². The molecule has 1 saturated heterocycles. The van der Waals surface area contributed by atoms with Gasteiger partial charge in [0.05, 0.1) is 23.7 Å². The van der Waals surface area contributed by atoms with Crippen molar-refractivity contribution < 1.29 is 9.47 Å². The topological polar surface area (TPSA) is 66.0 Å². The van der Waals surface area contributed by atoms with E-state index in [-0.39, 0.29) is 0 Å². The number of ether oxygens (including phenoxy) is 2. The van der Waals surface area contributed by atoms with Gasteiger partial charge in [0.1, 0.15) is 30.0 Å². The Labute approximate surface area is 206 Å². The Bertz CT molecular complexity index is 1380. The van der Waals surface area contributed by atoms with Crippen molar-refractivity contribution in [2.45, 2.75) is 20.3 Å². The Hall–Kier alpha value is -3.76. The number of nitrogens with zero attached hydrogens (tertiary/aromatic N) is 5. The van der Waals surface area contributed by atoms with Gasteiger partial charge in [0.2, 0.25) is 0 Å². The van der Waals surface area contributed by atoms with Crippen LogP contribution in [0.25, 0.3) is 16.7 Å². The number of aromatic nitrogens is 2. The molecule has 7 heteroatoms. The molecule has 0 unspecified atom stereocenters. The third-order valence-corrected chi connectivity index (χ3v) is 6.97. The van der Waals surface area contributed by atoms with E-state index in [1.165, 1.54) is 11.4 Å². The maximum Gasteiger partial charge on any atom is 0.157 e. The minimum atomic E-state index is 0.652. The third-order valence-electron chi connectivity index (χ3n) is 6.97. The SMILES string of the molecule is CCc1c(C)c(C#N)c2nc3ccccc3n2c1N1CCN(CCOc2ccc(OC)cc2)CC1. The first kappa shape index (κ1) is 23.0. The largest absolute Gasteiger partial charge is 0.497 e. The zero-order valence-corrected chi connectivity index (χ0v) is 20.6. The van der Waals surface area contributed by atoms with Crippen molar-refractivity contribution in [3.63, 3.8) is 0 Å². The highest BCUT2D eigenvalue weighted by Crippen LogP contribution is 2.34. The average Bonchev–Trinajstić information content (AvgIpc) is 3.28. The summed E-state index contributed by atoms with van der Waals surface area (Å²) in [5.41, 5.74) is 5.69. The van der Waals surface area contributed by atoms with Gasteiger partial charge in [-0.1, -0.05) is 19.1 Å². The standard InChI is InChI=1S/C28H31N5O2/c1-4-23-20(2)24(19-29)27-30-25-7-5-6-8-26(25)33(27)28(23)32-15-13-31(14-16-32)17-18-35-22-11-9-21(34-3)10-12-22/h5-12H,4,13-18H2,1-3H3. The summed E-state index contributed by atoms with van der Waals surface area (Å²) >= 11 is 0. The van der Waals surface area contributed by atoms with Gasteiger partial charge in [-0.3, -0.25) is 9.30 Å². The molecular formula is C28H31N5O2. The number of anilines is 1. The second kappa shape index (κ2) is 9.85. The molecule has 1 aliphatic heterocycles. The summed E-state index contributed by atoms with van der Waals surface area (Å²) in [6.45, 7) is 9.53. The third kappa shape index (κ3) is 4.26. The predicted octanol–water partition coefficient (Wildman–Crippen LogP) is 4.44. The van der Waals surface area contributed by atoms with Crippen LogP contribution in [0.5, 0.6) is 11.5 Å². The van der Waals surface area contributed by atoms with E-state index in [0.29, 0.717) is 12.2 Å². The van der Waals surface area contributed by atoms with Gasteiger partial charge in [0, 0.05) is 32.7 Å². The normalized spacial score (nSPS) is 14.4. The second-order valence-electron chi connectivity index (χ2n) is 8.88. The summed E-state index contributed by atoms with van der Waals surface area (Å²) in [7, 11) is 1.67.